The highest BCUT2D eigenvalue weighted by atomic mass is 16.3. The largest absolute Gasteiger partial charge is 0.437 e. The molecule has 0 bridgehead atoms. The van der Waals surface area contributed by atoms with Crippen LogP contribution >= 0.6 is 0 Å². The number of benzene rings is 1. The molecule has 126 valence electrons. The van der Waals surface area contributed by atoms with Crippen LogP contribution in [0.5, 0.6) is 0 Å². The average molecular weight is 327 g/mol. The van der Waals surface area contributed by atoms with Crippen molar-refractivity contribution < 1.29 is 14.0 Å². The second kappa shape index (κ2) is 6.86. The van der Waals surface area contributed by atoms with Crippen LogP contribution in [0.2, 0.25) is 0 Å². The van der Waals surface area contributed by atoms with Crippen LogP contribution in [-0.2, 0) is 9.59 Å². The van der Waals surface area contributed by atoms with E-state index in [9.17, 15) is 9.59 Å². The minimum Gasteiger partial charge on any atom is -0.437 e. The lowest BCUT2D eigenvalue weighted by molar-refractivity contribution is -0.139. The molecule has 0 aliphatic carbocycles. The van der Waals surface area contributed by atoms with Gasteiger partial charge < -0.3 is 14.2 Å². The number of carbonyl (C=O) groups excluding carboxylic acids is 2. The standard InChI is InChI=1S/C18H21N3O3/c1-13(2)18(23)21-11-9-20(10-12-21)17(22)8-7-16-19-14-5-3-4-6-15(14)24-16/h3-8,13H,9-12H2,1-2H3/b8-7+. The van der Waals surface area contributed by atoms with Gasteiger partial charge in [0.15, 0.2) is 5.58 Å². The fraction of sp³-hybridized carbons (Fsp3) is 0.389. The molecule has 0 saturated carbocycles. The van der Waals surface area contributed by atoms with Crippen molar-refractivity contribution >= 4 is 29.0 Å². The Hall–Kier alpha value is -2.63. The van der Waals surface area contributed by atoms with Crippen molar-refractivity contribution in [1.82, 2.24) is 14.8 Å². The Balaban J connectivity index is 1.58. The molecular weight excluding hydrogens is 306 g/mol. The van der Waals surface area contributed by atoms with Gasteiger partial charge in [-0.2, -0.15) is 0 Å². The zero-order chi connectivity index (χ0) is 17.1. The van der Waals surface area contributed by atoms with Crippen LogP contribution in [0.4, 0.5) is 0 Å². The molecule has 0 spiro atoms. The van der Waals surface area contributed by atoms with Crippen LogP contribution < -0.4 is 0 Å². The molecule has 1 aromatic carbocycles. The molecule has 0 atom stereocenters. The highest BCUT2D eigenvalue weighted by Crippen LogP contribution is 2.15. The molecule has 6 heteroatoms. The van der Waals surface area contributed by atoms with E-state index in [4.69, 9.17) is 4.42 Å². The summed E-state index contributed by atoms with van der Waals surface area (Å²) in [7, 11) is 0. The Morgan fingerprint density at radius 3 is 2.46 bits per heavy atom. The number of hydrogen-bond donors (Lipinski definition) is 0. The van der Waals surface area contributed by atoms with Crippen molar-refractivity contribution in [2.75, 3.05) is 26.2 Å². The number of para-hydroxylation sites is 2. The predicted octanol–water partition coefficient (Wildman–Crippen LogP) is 2.17. The third kappa shape index (κ3) is 3.48. The molecule has 6 nitrogen and oxygen atoms in total. The van der Waals surface area contributed by atoms with Gasteiger partial charge in [-0.3, -0.25) is 9.59 Å². The normalized spacial score (nSPS) is 15.6. The van der Waals surface area contributed by atoms with Crippen molar-refractivity contribution in [2.45, 2.75) is 13.8 Å². The first-order valence-electron chi connectivity index (χ1n) is 8.16. The molecule has 1 fully saturated rings. The van der Waals surface area contributed by atoms with E-state index in [0.29, 0.717) is 37.7 Å². The summed E-state index contributed by atoms with van der Waals surface area (Å²) in [5, 5.41) is 0. The third-order valence-corrected chi connectivity index (χ3v) is 4.08. The van der Waals surface area contributed by atoms with Crippen molar-refractivity contribution in [3.8, 4) is 0 Å². The zero-order valence-corrected chi connectivity index (χ0v) is 13.9. The molecule has 0 unspecified atom stereocenters. The molecule has 1 saturated heterocycles. The van der Waals surface area contributed by atoms with Crippen LogP contribution in [-0.4, -0.2) is 52.8 Å². The maximum absolute atomic E-state index is 12.3. The van der Waals surface area contributed by atoms with Gasteiger partial charge in [-0.1, -0.05) is 26.0 Å². The first-order chi connectivity index (χ1) is 11.5. The number of nitrogens with zero attached hydrogens (tertiary/aromatic N) is 3. The van der Waals surface area contributed by atoms with E-state index in [0.717, 1.165) is 5.52 Å². The van der Waals surface area contributed by atoms with Gasteiger partial charge in [0.2, 0.25) is 17.7 Å². The summed E-state index contributed by atoms with van der Waals surface area (Å²) in [6.45, 7) is 6.05. The summed E-state index contributed by atoms with van der Waals surface area (Å²) in [5.41, 5.74) is 1.47. The third-order valence-electron chi connectivity index (χ3n) is 4.08. The Morgan fingerprint density at radius 1 is 1.12 bits per heavy atom. The van der Waals surface area contributed by atoms with Gasteiger partial charge in [-0.15, -0.1) is 0 Å². The molecule has 1 aromatic heterocycles. The van der Waals surface area contributed by atoms with Crippen molar-refractivity contribution in [1.29, 1.82) is 0 Å². The summed E-state index contributed by atoms with van der Waals surface area (Å²) in [5.74, 6) is 0.461. The number of rotatable bonds is 3. The van der Waals surface area contributed by atoms with Crippen molar-refractivity contribution in [2.24, 2.45) is 5.92 Å². The molecule has 2 aromatic rings. The first-order valence-corrected chi connectivity index (χ1v) is 8.16. The van der Waals surface area contributed by atoms with Crippen LogP contribution in [0.1, 0.15) is 19.7 Å². The number of amides is 2. The molecule has 24 heavy (non-hydrogen) atoms. The minimum absolute atomic E-state index is 0.00805. The Bertz CT molecular complexity index is 738. The van der Waals surface area contributed by atoms with Gasteiger partial charge in [0, 0.05) is 44.2 Å². The number of hydrogen-bond acceptors (Lipinski definition) is 4. The SMILES string of the molecule is CC(C)C(=O)N1CCN(C(=O)/C=C/c2nc3ccccc3o2)CC1. The number of carbonyl (C=O) groups is 2. The Labute approximate surface area is 140 Å². The average Bonchev–Trinajstić information content (AvgIpc) is 3.02. The van der Waals surface area contributed by atoms with E-state index >= 15 is 0 Å². The summed E-state index contributed by atoms with van der Waals surface area (Å²) in [6, 6.07) is 7.47. The maximum atomic E-state index is 12.3. The smallest absolute Gasteiger partial charge is 0.246 e. The Kier molecular flexibility index (Phi) is 4.64. The van der Waals surface area contributed by atoms with Gasteiger partial charge in [0.25, 0.3) is 0 Å². The van der Waals surface area contributed by atoms with Crippen LogP contribution in [0.15, 0.2) is 34.8 Å². The fourth-order valence-electron chi connectivity index (χ4n) is 2.72. The molecule has 1 aliphatic heterocycles. The highest BCUT2D eigenvalue weighted by Gasteiger charge is 2.24. The summed E-state index contributed by atoms with van der Waals surface area (Å²) in [6.07, 6.45) is 3.07. The highest BCUT2D eigenvalue weighted by molar-refractivity contribution is 5.91. The zero-order valence-electron chi connectivity index (χ0n) is 13.9. The van der Waals surface area contributed by atoms with Crippen LogP contribution in [0.25, 0.3) is 17.2 Å². The van der Waals surface area contributed by atoms with E-state index in [1.165, 1.54) is 6.08 Å². The predicted molar refractivity (Wildman–Crippen MR) is 91.0 cm³/mol. The van der Waals surface area contributed by atoms with E-state index in [1.54, 1.807) is 11.0 Å². The lowest BCUT2D eigenvalue weighted by atomic mass is 10.1. The Morgan fingerprint density at radius 2 is 1.79 bits per heavy atom. The molecule has 1 aliphatic rings. The second-order valence-corrected chi connectivity index (χ2v) is 6.16. The van der Waals surface area contributed by atoms with E-state index < -0.39 is 0 Å². The summed E-state index contributed by atoms with van der Waals surface area (Å²) in [4.78, 5) is 32.1. The quantitative estimate of drug-likeness (QED) is 0.810. The lowest BCUT2D eigenvalue weighted by Gasteiger charge is -2.35. The fourth-order valence-corrected chi connectivity index (χ4v) is 2.72. The molecule has 3 rings (SSSR count). The first kappa shape index (κ1) is 16.2. The van der Waals surface area contributed by atoms with Crippen LogP contribution in [0.3, 0.4) is 0 Å². The van der Waals surface area contributed by atoms with Gasteiger partial charge in [-0.05, 0) is 12.1 Å². The molecular formula is C18H21N3O3. The van der Waals surface area contributed by atoms with Gasteiger partial charge in [0.05, 0.1) is 0 Å². The summed E-state index contributed by atoms with van der Waals surface area (Å²) >= 11 is 0. The lowest BCUT2D eigenvalue weighted by Crippen LogP contribution is -2.51. The van der Waals surface area contributed by atoms with Crippen molar-refractivity contribution in [3.05, 3.63) is 36.2 Å². The molecule has 0 radical (unpaired) electrons. The van der Waals surface area contributed by atoms with Gasteiger partial charge in [0.1, 0.15) is 5.52 Å². The number of fused-ring (bicyclic) bond motifs is 1. The van der Waals surface area contributed by atoms with E-state index in [2.05, 4.69) is 4.98 Å². The minimum atomic E-state index is -0.0890. The number of piperazine rings is 1. The molecule has 2 amide bonds. The number of aromatic nitrogens is 1. The monoisotopic (exact) mass is 327 g/mol. The molecule has 2 heterocycles. The maximum Gasteiger partial charge on any atom is 0.246 e. The van der Waals surface area contributed by atoms with Gasteiger partial charge >= 0.3 is 0 Å². The molecule has 0 N–H and O–H groups in total. The van der Waals surface area contributed by atoms with Crippen molar-refractivity contribution in [3.63, 3.8) is 0 Å². The van der Waals surface area contributed by atoms with E-state index in [1.807, 2.05) is 43.0 Å². The van der Waals surface area contributed by atoms with Gasteiger partial charge in [-0.25, -0.2) is 4.98 Å². The van der Waals surface area contributed by atoms with Crippen LogP contribution in [0, 0.1) is 5.92 Å². The number of oxazole rings is 1. The summed E-state index contributed by atoms with van der Waals surface area (Å²) < 4.78 is 5.56. The topological polar surface area (TPSA) is 66.7 Å². The van der Waals surface area contributed by atoms with E-state index in [-0.39, 0.29) is 17.7 Å². The second-order valence-electron chi connectivity index (χ2n) is 6.16.